The smallest absolute Gasteiger partial charge is 0.146 e. The van der Waals surface area contributed by atoms with E-state index in [1.165, 1.54) is 0 Å². The highest BCUT2D eigenvalue weighted by Crippen LogP contribution is 2.22. The second-order valence-corrected chi connectivity index (χ2v) is 5.78. The number of methoxy groups -OCH3 is 2. The summed E-state index contributed by atoms with van der Waals surface area (Å²) < 4.78 is 24.5. The third-order valence-corrected chi connectivity index (χ3v) is 4.10. The molecule has 5 nitrogen and oxygen atoms in total. The number of ether oxygens (including phenoxy) is 2. The van der Waals surface area contributed by atoms with Gasteiger partial charge in [0, 0.05) is 60.0 Å². The molecule has 0 spiro atoms. The van der Waals surface area contributed by atoms with Crippen LogP contribution in [0.15, 0.2) is 18.2 Å². The van der Waals surface area contributed by atoms with Crippen LogP contribution in [0.2, 0.25) is 0 Å². The molecule has 1 heterocycles. The van der Waals surface area contributed by atoms with Crippen LogP contribution in [0.3, 0.4) is 0 Å². The van der Waals surface area contributed by atoms with Gasteiger partial charge in [0.1, 0.15) is 5.82 Å². The number of anilines is 1. The molecule has 1 saturated heterocycles. The van der Waals surface area contributed by atoms with Gasteiger partial charge in [-0.05, 0) is 17.7 Å². The molecule has 1 aliphatic rings. The van der Waals surface area contributed by atoms with Crippen LogP contribution in [0.4, 0.5) is 10.1 Å². The number of halogens is 1. The molecule has 0 aliphatic carbocycles. The number of nitrogens with zero attached hydrogens (tertiary/aromatic N) is 2. The largest absolute Gasteiger partial charge is 0.383 e. The van der Waals surface area contributed by atoms with E-state index in [1.54, 1.807) is 20.3 Å². The molecule has 0 saturated carbocycles. The van der Waals surface area contributed by atoms with E-state index >= 15 is 0 Å². The van der Waals surface area contributed by atoms with Gasteiger partial charge in [0.15, 0.2) is 0 Å². The van der Waals surface area contributed by atoms with Crippen LogP contribution in [-0.4, -0.2) is 71.6 Å². The Balaban J connectivity index is 2.05. The molecule has 0 atom stereocenters. The van der Waals surface area contributed by atoms with Gasteiger partial charge in [-0.3, -0.25) is 4.90 Å². The second-order valence-electron chi connectivity index (χ2n) is 5.78. The minimum Gasteiger partial charge on any atom is -0.383 e. The zero-order valence-corrected chi connectivity index (χ0v) is 14.2. The number of nitrogens with one attached hydrogen (secondary N) is 1. The van der Waals surface area contributed by atoms with E-state index in [0.717, 1.165) is 51.4 Å². The lowest BCUT2D eigenvalue weighted by atomic mass is 10.1. The van der Waals surface area contributed by atoms with Crippen LogP contribution in [0, 0.1) is 5.82 Å². The van der Waals surface area contributed by atoms with Gasteiger partial charge in [0.2, 0.25) is 0 Å². The molecular weight excluding hydrogens is 297 g/mol. The zero-order chi connectivity index (χ0) is 16.5. The molecule has 1 aromatic carbocycles. The Bertz CT molecular complexity index is 459. The summed E-state index contributed by atoms with van der Waals surface area (Å²) in [5, 5.41) is 3.30. The van der Waals surface area contributed by atoms with Crippen molar-refractivity contribution < 1.29 is 13.9 Å². The summed E-state index contributed by atoms with van der Waals surface area (Å²) in [7, 11) is 3.41. The Labute approximate surface area is 138 Å². The van der Waals surface area contributed by atoms with Crippen molar-refractivity contribution in [2.24, 2.45) is 0 Å². The summed E-state index contributed by atoms with van der Waals surface area (Å²) in [5.41, 5.74) is 1.83. The first-order valence-electron chi connectivity index (χ1n) is 8.19. The number of hydrogen-bond acceptors (Lipinski definition) is 5. The maximum Gasteiger partial charge on any atom is 0.146 e. The second kappa shape index (κ2) is 9.82. The van der Waals surface area contributed by atoms with Crippen molar-refractivity contribution >= 4 is 5.69 Å². The Morgan fingerprint density at radius 1 is 1.13 bits per heavy atom. The summed E-state index contributed by atoms with van der Waals surface area (Å²) in [4.78, 5) is 4.38. The van der Waals surface area contributed by atoms with E-state index in [9.17, 15) is 4.39 Å². The quantitative estimate of drug-likeness (QED) is 0.741. The van der Waals surface area contributed by atoms with E-state index in [1.807, 2.05) is 12.1 Å². The van der Waals surface area contributed by atoms with Crippen LogP contribution in [0.25, 0.3) is 0 Å². The monoisotopic (exact) mass is 325 g/mol. The van der Waals surface area contributed by atoms with Gasteiger partial charge >= 0.3 is 0 Å². The highest BCUT2D eigenvalue weighted by molar-refractivity contribution is 5.50. The fourth-order valence-corrected chi connectivity index (χ4v) is 2.77. The van der Waals surface area contributed by atoms with Gasteiger partial charge in [-0.1, -0.05) is 6.07 Å². The molecule has 0 radical (unpaired) electrons. The molecule has 6 heteroatoms. The molecular formula is C17H28FN3O2. The van der Waals surface area contributed by atoms with Crippen molar-refractivity contribution in [1.82, 2.24) is 10.2 Å². The summed E-state index contributed by atoms with van der Waals surface area (Å²) in [6, 6.07) is 5.43. The standard InChI is InChI=1S/C17H28FN3O2/c1-22-11-9-20(10-12-23-2)14-15-3-4-16(18)17(13-15)21-7-5-19-6-8-21/h3-4,13,19H,5-12,14H2,1-2H3. The van der Waals surface area contributed by atoms with E-state index in [-0.39, 0.29) is 5.82 Å². The topological polar surface area (TPSA) is 37.0 Å². The molecule has 0 amide bonds. The minimum absolute atomic E-state index is 0.143. The van der Waals surface area contributed by atoms with E-state index < -0.39 is 0 Å². The Morgan fingerprint density at radius 3 is 2.39 bits per heavy atom. The maximum atomic E-state index is 14.2. The van der Waals surface area contributed by atoms with Gasteiger partial charge in [0.25, 0.3) is 0 Å². The van der Waals surface area contributed by atoms with Crippen molar-refractivity contribution in [2.45, 2.75) is 6.54 Å². The molecule has 0 bridgehead atoms. The molecule has 0 aromatic heterocycles. The molecule has 1 aromatic rings. The molecule has 2 rings (SSSR count). The van der Waals surface area contributed by atoms with Crippen molar-refractivity contribution in [2.75, 3.05) is 71.6 Å². The van der Waals surface area contributed by atoms with Gasteiger partial charge in [-0.2, -0.15) is 0 Å². The van der Waals surface area contributed by atoms with Crippen molar-refractivity contribution in [3.05, 3.63) is 29.6 Å². The van der Waals surface area contributed by atoms with Crippen LogP contribution < -0.4 is 10.2 Å². The fraction of sp³-hybridized carbons (Fsp3) is 0.647. The Hall–Kier alpha value is -1.21. The van der Waals surface area contributed by atoms with E-state index in [2.05, 4.69) is 15.1 Å². The Kier molecular flexibility index (Phi) is 7.74. The maximum absolute atomic E-state index is 14.2. The zero-order valence-electron chi connectivity index (χ0n) is 14.2. The third kappa shape index (κ3) is 5.73. The van der Waals surface area contributed by atoms with Crippen LogP contribution in [-0.2, 0) is 16.0 Å². The average Bonchev–Trinajstić information content (AvgIpc) is 2.59. The molecule has 0 unspecified atom stereocenters. The summed E-state index contributed by atoms with van der Waals surface area (Å²) in [6.07, 6.45) is 0. The van der Waals surface area contributed by atoms with E-state index in [0.29, 0.717) is 18.9 Å². The van der Waals surface area contributed by atoms with Crippen molar-refractivity contribution in [1.29, 1.82) is 0 Å². The number of rotatable bonds is 9. The first kappa shape index (κ1) is 18.1. The van der Waals surface area contributed by atoms with Gasteiger partial charge in [-0.15, -0.1) is 0 Å². The number of hydrogen-bond donors (Lipinski definition) is 1. The summed E-state index contributed by atoms with van der Waals surface area (Å²) >= 11 is 0. The first-order chi connectivity index (χ1) is 11.2. The van der Waals surface area contributed by atoms with Gasteiger partial charge < -0.3 is 19.7 Å². The van der Waals surface area contributed by atoms with Crippen molar-refractivity contribution in [3.8, 4) is 0 Å². The SMILES string of the molecule is COCCN(CCOC)Cc1ccc(F)c(N2CCNCC2)c1. The van der Waals surface area contributed by atoms with Crippen LogP contribution >= 0.6 is 0 Å². The number of piperazine rings is 1. The Morgan fingerprint density at radius 2 is 1.78 bits per heavy atom. The molecule has 1 N–H and O–H groups in total. The lowest BCUT2D eigenvalue weighted by molar-refractivity contribution is 0.110. The predicted molar refractivity (Wildman–Crippen MR) is 90.5 cm³/mol. The lowest BCUT2D eigenvalue weighted by Gasteiger charge is -2.30. The lowest BCUT2D eigenvalue weighted by Crippen LogP contribution is -2.44. The normalized spacial score (nSPS) is 15.4. The van der Waals surface area contributed by atoms with Crippen LogP contribution in [0.5, 0.6) is 0 Å². The molecule has 1 fully saturated rings. The number of benzene rings is 1. The molecule has 23 heavy (non-hydrogen) atoms. The fourth-order valence-electron chi connectivity index (χ4n) is 2.77. The first-order valence-corrected chi connectivity index (χ1v) is 8.19. The third-order valence-electron chi connectivity index (χ3n) is 4.10. The molecule has 130 valence electrons. The van der Waals surface area contributed by atoms with E-state index in [4.69, 9.17) is 9.47 Å². The van der Waals surface area contributed by atoms with Gasteiger partial charge in [-0.25, -0.2) is 4.39 Å². The highest BCUT2D eigenvalue weighted by Gasteiger charge is 2.16. The minimum atomic E-state index is -0.143. The summed E-state index contributed by atoms with van der Waals surface area (Å²) in [5.74, 6) is -0.143. The predicted octanol–water partition coefficient (Wildman–Crippen LogP) is 1.33. The van der Waals surface area contributed by atoms with Gasteiger partial charge in [0.05, 0.1) is 18.9 Å². The highest BCUT2D eigenvalue weighted by atomic mass is 19.1. The summed E-state index contributed by atoms with van der Waals surface area (Å²) in [6.45, 7) is 7.28. The molecule has 1 aliphatic heterocycles. The van der Waals surface area contributed by atoms with Crippen LogP contribution in [0.1, 0.15) is 5.56 Å². The average molecular weight is 325 g/mol. The van der Waals surface area contributed by atoms with Crippen molar-refractivity contribution in [3.63, 3.8) is 0 Å².